The molecule has 1 saturated heterocycles. The van der Waals surface area contributed by atoms with Crippen molar-refractivity contribution in [3.8, 4) is 0 Å². The zero-order valence-corrected chi connectivity index (χ0v) is 18.9. The Morgan fingerprint density at radius 3 is 2.32 bits per heavy atom. The van der Waals surface area contributed by atoms with Crippen LogP contribution in [0.5, 0.6) is 0 Å². The van der Waals surface area contributed by atoms with Gasteiger partial charge >= 0.3 is 0 Å². The fraction of sp³-hybridized carbons (Fsp3) is 0.391. The number of hydrazone groups is 1. The van der Waals surface area contributed by atoms with Crippen molar-refractivity contribution in [3.63, 3.8) is 0 Å². The van der Waals surface area contributed by atoms with E-state index in [1.165, 1.54) is 0 Å². The standard InChI is InChI=1S/C23H25Cl2N4O2/c1-16-21(23(30)29(31)27-14-6-2-3-7-15-27)26-28(20-9-5-4-8-19(20)25)22(16)17-10-12-18(24)13-11-17/h4-5,8-13,16,22H,2-3,6-7,14-15H2,1H3/q-1/t16-,22+/m0/s1. The maximum Gasteiger partial charge on any atom is 0.274 e. The van der Waals surface area contributed by atoms with Gasteiger partial charge in [0.2, 0.25) is 0 Å². The molecule has 8 heteroatoms. The normalized spacial score (nSPS) is 22.2. The molecule has 0 aliphatic carbocycles. The second-order valence-corrected chi connectivity index (χ2v) is 8.86. The fourth-order valence-electron chi connectivity index (χ4n) is 4.26. The van der Waals surface area contributed by atoms with Gasteiger partial charge in [-0.15, -0.1) is 0 Å². The van der Waals surface area contributed by atoms with Gasteiger partial charge in [-0.25, -0.2) is 5.01 Å². The first kappa shape index (κ1) is 22.1. The Morgan fingerprint density at radius 2 is 1.68 bits per heavy atom. The summed E-state index contributed by atoms with van der Waals surface area (Å²) in [6.45, 7) is 3.10. The van der Waals surface area contributed by atoms with E-state index in [-0.39, 0.29) is 17.7 Å². The quantitative estimate of drug-likeness (QED) is 0.552. The smallest absolute Gasteiger partial charge is 0.274 e. The van der Waals surface area contributed by atoms with E-state index in [0.29, 0.717) is 34.0 Å². The molecule has 2 heterocycles. The number of anilines is 1. The van der Waals surface area contributed by atoms with Gasteiger partial charge in [-0.1, -0.05) is 67.2 Å². The van der Waals surface area contributed by atoms with E-state index in [1.54, 1.807) is 16.1 Å². The number of para-hydroxylation sites is 1. The van der Waals surface area contributed by atoms with Gasteiger partial charge in [0, 0.05) is 24.0 Å². The molecule has 6 nitrogen and oxygen atoms in total. The first-order chi connectivity index (χ1) is 15.0. The number of rotatable bonds is 4. The fourth-order valence-corrected chi connectivity index (χ4v) is 4.61. The molecule has 0 unspecified atom stereocenters. The summed E-state index contributed by atoms with van der Waals surface area (Å²) in [5.41, 5.74) is 1.86. The molecule has 2 aliphatic heterocycles. The first-order valence-electron chi connectivity index (χ1n) is 10.6. The van der Waals surface area contributed by atoms with Gasteiger partial charge in [0.15, 0.2) is 0 Å². The summed E-state index contributed by atoms with van der Waals surface area (Å²) in [5, 5.41) is 22.6. The molecule has 0 aromatic heterocycles. The SMILES string of the molecule is C[C@H]1C(C(=O)N([O-])N2CCCCCC2)=NN(c2ccccc2Cl)[C@H]1c1ccc(Cl)cc1. The number of hydrogen-bond donors (Lipinski definition) is 0. The zero-order chi connectivity index (χ0) is 22.0. The second kappa shape index (κ2) is 9.57. The number of carbonyl (C=O) groups is 1. The van der Waals surface area contributed by atoms with Gasteiger partial charge in [0.1, 0.15) is 5.71 Å². The van der Waals surface area contributed by atoms with E-state index in [1.807, 2.05) is 49.4 Å². The van der Waals surface area contributed by atoms with Crippen LogP contribution in [0.15, 0.2) is 53.6 Å². The van der Waals surface area contributed by atoms with E-state index >= 15 is 0 Å². The summed E-state index contributed by atoms with van der Waals surface area (Å²) in [5.74, 6) is -0.920. The summed E-state index contributed by atoms with van der Waals surface area (Å²) in [6.07, 6.45) is 3.98. The van der Waals surface area contributed by atoms with Crippen LogP contribution in [0.2, 0.25) is 10.0 Å². The molecule has 31 heavy (non-hydrogen) atoms. The van der Waals surface area contributed by atoms with Crippen LogP contribution in [0.25, 0.3) is 0 Å². The Labute approximate surface area is 192 Å². The van der Waals surface area contributed by atoms with Crippen LogP contribution in [0.4, 0.5) is 5.69 Å². The summed E-state index contributed by atoms with van der Waals surface area (Å²) in [4.78, 5) is 13.2. The Bertz CT molecular complexity index is 958. The first-order valence-corrected chi connectivity index (χ1v) is 11.4. The van der Waals surface area contributed by atoms with Crippen molar-refractivity contribution >= 4 is 40.5 Å². The second-order valence-electron chi connectivity index (χ2n) is 8.01. The molecule has 2 aromatic carbocycles. The molecule has 0 bridgehead atoms. The lowest BCUT2D eigenvalue weighted by Crippen LogP contribution is -2.47. The lowest BCUT2D eigenvalue weighted by atomic mass is 9.91. The van der Waals surface area contributed by atoms with Crippen molar-refractivity contribution < 1.29 is 4.79 Å². The van der Waals surface area contributed by atoms with Gasteiger partial charge in [-0.3, -0.25) is 9.80 Å². The van der Waals surface area contributed by atoms with Gasteiger partial charge < -0.3 is 10.4 Å². The molecule has 1 fully saturated rings. The van der Waals surface area contributed by atoms with Crippen LogP contribution in [-0.2, 0) is 4.79 Å². The molecule has 164 valence electrons. The van der Waals surface area contributed by atoms with Crippen LogP contribution < -0.4 is 5.01 Å². The number of hydrazine groups is 1. The summed E-state index contributed by atoms with van der Waals surface area (Å²) in [7, 11) is 0. The number of hydrogen-bond acceptors (Lipinski definition) is 5. The molecular weight excluding hydrogens is 435 g/mol. The van der Waals surface area contributed by atoms with E-state index in [4.69, 9.17) is 23.2 Å². The maximum absolute atomic E-state index is 13.2. The molecule has 0 spiro atoms. The molecule has 2 atom stereocenters. The topological polar surface area (TPSA) is 62.2 Å². The Morgan fingerprint density at radius 1 is 1.03 bits per heavy atom. The monoisotopic (exact) mass is 459 g/mol. The van der Waals surface area contributed by atoms with Gasteiger partial charge in [-0.05, 0) is 42.7 Å². The van der Waals surface area contributed by atoms with Crippen molar-refractivity contribution in [2.45, 2.75) is 38.6 Å². The molecule has 1 amide bonds. The highest BCUT2D eigenvalue weighted by Gasteiger charge is 2.40. The third-order valence-corrected chi connectivity index (χ3v) is 6.50. The molecule has 4 rings (SSSR count). The lowest BCUT2D eigenvalue weighted by molar-refractivity contribution is -0.135. The zero-order valence-electron chi connectivity index (χ0n) is 17.4. The van der Waals surface area contributed by atoms with Crippen LogP contribution in [-0.4, -0.2) is 34.9 Å². The molecule has 0 N–H and O–H groups in total. The largest absolute Gasteiger partial charge is 0.741 e. The highest BCUT2D eigenvalue weighted by atomic mass is 35.5. The highest BCUT2D eigenvalue weighted by Crippen LogP contribution is 2.42. The predicted octanol–water partition coefficient (Wildman–Crippen LogP) is 5.66. The molecule has 2 aromatic rings. The average molecular weight is 460 g/mol. The number of carbonyl (C=O) groups excluding carboxylic acids is 1. The minimum absolute atomic E-state index is 0.235. The van der Waals surface area contributed by atoms with E-state index in [2.05, 4.69) is 5.10 Å². The Hall–Kier alpha value is -2.12. The number of amides is 1. The lowest BCUT2D eigenvalue weighted by Gasteiger charge is -2.39. The number of halogens is 2. The van der Waals surface area contributed by atoms with E-state index in [0.717, 1.165) is 31.2 Å². The summed E-state index contributed by atoms with van der Waals surface area (Å²) < 4.78 is 0. The molecule has 2 aliphatic rings. The van der Waals surface area contributed by atoms with Crippen LogP contribution in [0, 0.1) is 11.1 Å². The minimum atomic E-state index is -0.608. The van der Waals surface area contributed by atoms with Crippen molar-refractivity contribution in [2.75, 3.05) is 18.1 Å². The third kappa shape index (κ3) is 4.58. The van der Waals surface area contributed by atoms with Crippen LogP contribution >= 0.6 is 23.2 Å². The number of benzene rings is 2. The highest BCUT2D eigenvalue weighted by molar-refractivity contribution is 6.40. The summed E-state index contributed by atoms with van der Waals surface area (Å²) in [6, 6.07) is 14.5. The van der Waals surface area contributed by atoms with Crippen LogP contribution in [0.1, 0.15) is 44.2 Å². The molecule has 0 radical (unpaired) electrons. The van der Waals surface area contributed by atoms with Crippen molar-refractivity contribution in [1.82, 2.24) is 10.2 Å². The van der Waals surface area contributed by atoms with E-state index < -0.39 is 5.91 Å². The van der Waals surface area contributed by atoms with Gasteiger partial charge in [-0.2, -0.15) is 5.10 Å². The molecular formula is C23H25Cl2N4O2-. The van der Waals surface area contributed by atoms with Gasteiger partial charge in [0.05, 0.1) is 16.8 Å². The van der Waals surface area contributed by atoms with Crippen molar-refractivity contribution in [2.24, 2.45) is 11.0 Å². The maximum atomic E-state index is 13.2. The van der Waals surface area contributed by atoms with Crippen molar-refractivity contribution in [1.29, 1.82) is 0 Å². The minimum Gasteiger partial charge on any atom is -0.741 e. The number of hydroxylamine groups is 1. The molecule has 0 saturated carbocycles. The Balaban J connectivity index is 1.69. The number of nitrogens with zero attached hydrogens (tertiary/aromatic N) is 4. The van der Waals surface area contributed by atoms with Gasteiger partial charge in [0.25, 0.3) is 5.91 Å². The van der Waals surface area contributed by atoms with E-state index in [9.17, 15) is 10.0 Å². The van der Waals surface area contributed by atoms with Crippen molar-refractivity contribution in [3.05, 3.63) is 69.3 Å². The average Bonchev–Trinajstić information content (AvgIpc) is 2.94. The van der Waals surface area contributed by atoms with Crippen LogP contribution in [0.3, 0.4) is 0 Å². The summed E-state index contributed by atoms with van der Waals surface area (Å²) >= 11 is 12.5. The third-order valence-electron chi connectivity index (χ3n) is 5.93. The predicted molar refractivity (Wildman–Crippen MR) is 125 cm³/mol. The Kier molecular flexibility index (Phi) is 6.82.